The zero-order valence-electron chi connectivity index (χ0n) is 7.19. The zero-order chi connectivity index (χ0) is 9.90. The number of hydrogen-bond donors (Lipinski definition) is 2. The Morgan fingerprint density at radius 2 is 2.00 bits per heavy atom. The first-order valence-corrected chi connectivity index (χ1v) is 5.93. The van der Waals surface area contributed by atoms with Gasteiger partial charge in [-0.15, -0.1) is 12.6 Å². The number of para-hydroxylation sites is 1. The van der Waals surface area contributed by atoms with Gasteiger partial charge in [0.15, 0.2) is 0 Å². The third-order valence-electron chi connectivity index (χ3n) is 1.55. The molecule has 0 heterocycles. The van der Waals surface area contributed by atoms with E-state index in [1.54, 1.807) is 31.2 Å². The fourth-order valence-corrected chi connectivity index (χ4v) is 1.75. The Labute approximate surface area is 83.6 Å². The summed E-state index contributed by atoms with van der Waals surface area (Å²) in [5.41, 5.74) is 0.521. The van der Waals surface area contributed by atoms with Gasteiger partial charge in [0.2, 0.25) is 10.0 Å². The monoisotopic (exact) mass is 217 g/mol. The summed E-state index contributed by atoms with van der Waals surface area (Å²) in [6, 6.07) is 6.96. The molecule has 3 nitrogen and oxygen atoms in total. The lowest BCUT2D eigenvalue weighted by Gasteiger charge is -2.07. The molecule has 0 atom stereocenters. The summed E-state index contributed by atoms with van der Waals surface area (Å²) >= 11 is 4.12. The van der Waals surface area contributed by atoms with Gasteiger partial charge in [-0.1, -0.05) is 12.1 Å². The second-order valence-electron chi connectivity index (χ2n) is 2.52. The van der Waals surface area contributed by atoms with Crippen LogP contribution in [0.15, 0.2) is 29.2 Å². The standard InChI is InChI=1S/C8H11NO2S2/c1-2-13(10,11)9-7-5-3-4-6-8(7)12/h3-6,9,12H,2H2,1H3. The maximum Gasteiger partial charge on any atom is 0.232 e. The molecule has 0 aromatic heterocycles. The van der Waals surface area contributed by atoms with E-state index in [0.29, 0.717) is 10.6 Å². The number of hydrogen-bond acceptors (Lipinski definition) is 3. The van der Waals surface area contributed by atoms with Crippen molar-refractivity contribution in [2.45, 2.75) is 11.8 Å². The predicted molar refractivity (Wildman–Crippen MR) is 56.8 cm³/mol. The average molecular weight is 217 g/mol. The molecule has 0 fully saturated rings. The number of anilines is 1. The molecule has 72 valence electrons. The normalized spacial score (nSPS) is 11.2. The van der Waals surface area contributed by atoms with Gasteiger partial charge >= 0.3 is 0 Å². The van der Waals surface area contributed by atoms with Crippen molar-refractivity contribution in [2.75, 3.05) is 10.5 Å². The highest BCUT2D eigenvalue weighted by molar-refractivity contribution is 7.92. The molecule has 1 rings (SSSR count). The van der Waals surface area contributed by atoms with Crippen molar-refractivity contribution in [2.24, 2.45) is 0 Å². The van der Waals surface area contributed by atoms with Crippen LogP contribution < -0.4 is 4.72 Å². The van der Waals surface area contributed by atoms with Crippen LogP contribution in [-0.4, -0.2) is 14.2 Å². The van der Waals surface area contributed by atoms with Gasteiger partial charge < -0.3 is 0 Å². The number of rotatable bonds is 3. The van der Waals surface area contributed by atoms with E-state index in [1.165, 1.54) is 0 Å². The van der Waals surface area contributed by atoms with Crippen molar-refractivity contribution in [3.05, 3.63) is 24.3 Å². The minimum absolute atomic E-state index is 0.0646. The molecular weight excluding hydrogens is 206 g/mol. The van der Waals surface area contributed by atoms with Crippen molar-refractivity contribution < 1.29 is 8.42 Å². The maximum absolute atomic E-state index is 11.2. The summed E-state index contributed by atoms with van der Waals surface area (Å²) < 4.78 is 24.8. The van der Waals surface area contributed by atoms with E-state index in [9.17, 15) is 8.42 Å². The van der Waals surface area contributed by atoms with E-state index in [2.05, 4.69) is 17.4 Å². The van der Waals surface area contributed by atoms with Crippen molar-refractivity contribution in [1.29, 1.82) is 0 Å². The molecule has 1 aromatic carbocycles. The maximum atomic E-state index is 11.2. The fourth-order valence-electron chi connectivity index (χ4n) is 0.800. The van der Waals surface area contributed by atoms with Crippen LogP contribution in [0, 0.1) is 0 Å². The summed E-state index contributed by atoms with van der Waals surface area (Å²) in [7, 11) is -3.19. The first kappa shape index (κ1) is 10.4. The van der Waals surface area contributed by atoms with Gasteiger partial charge in [-0.05, 0) is 19.1 Å². The lowest BCUT2D eigenvalue weighted by Crippen LogP contribution is -2.14. The third-order valence-corrected chi connectivity index (χ3v) is 3.23. The van der Waals surface area contributed by atoms with Crippen molar-refractivity contribution in [3.8, 4) is 0 Å². The van der Waals surface area contributed by atoms with Crippen LogP contribution in [0.2, 0.25) is 0 Å². The zero-order valence-corrected chi connectivity index (χ0v) is 8.90. The van der Waals surface area contributed by atoms with Gasteiger partial charge in [0.25, 0.3) is 0 Å². The Bertz CT molecular complexity index is 387. The second-order valence-corrected chi connectivity index (χ2v) is 5.02. The fraction of sp³-hybridized carbons (Fsp3) is 0.250. The van der Waals surface area contributed by atoms with Crippen LogP contribution in [-0.2, 0) is 10.0 Å². The van der Waals surface area contributed by atoms with Crippen LogP contribution in [0.3, 0.4) is 0 Å². The number of thiol groups is 1. The Morgan fingerprint density at radius 3 is 2.54 bits per heavy atom. The molecule has 0 bridgehead atoms. The molecule has 0 saturated heterocycles. The average Bonchev–Trinajstić information content (AvgIpc) is 2.09. The Kier molecular flexibility index (Phi) is 3.22. The predicted octanol–water partition coefficient (Wildman–Crippen LogP) is 1.74. The Morgan fingerprint density at radius 1 is 1.38 bits per heavy atom. The molecule has 0 aliphatic carbocycles. The van der Waals surface area contributed by atoms with E-state index >= 15 is 0 Å². The first-order chi connectivity index (χ1) is 6.05. The van der Waals surface area contributed by atoms with Gasteiger partial charge in [0, 0.05) is 4.90 Å². The summed E-state index contributed by atoms with van der Waals surface area (Å²) in [6.45, 7) is 1.59. The van der Waals surface area contributed by atoms with E-state index in [4.69, 9.17) is 0 Å². The van der Waals surface area contributed by atoms with Crippen LogP contribution in [0.1, 0.15) is 6.92 Å². The molecule has 0 unspecified atom stereocenters. The summed E-state index contributed by atoms with van der Waals surface area (Å²) in [6.07, 6.45) is 0. The Balaban J connectivity index is 2.93. The molecule has 0 saturated carbocycles. The SMILES string of the molecule is CCS(=O)(=O)Nc1ccccc1S. The number of nitrogens with one attached hydrogen (secondary N) is 1. The van der Waals surface area contributed by atoms with Crippen LogP contribution in [0.4, 0.5) is 5.69 Å². The minimum atomic E-state index is -3.19. The lowest BCUT2D eigenvalue weighted by molar-refractivity contribution is 0.602. The second kappa shape index (κ2) is 4.02. The number of sulfonamides is 1. The molecule has 0 spiro atoms. The van der Waals surface area contributed by atoms with Crippen LogP contribution >= 0.6 is 12.6 Å². The van der Waals surface area contributed by atoms with Crippen molar-refractivity contribution in [1.82, 2.24) is 0 Å². The molecule has 1 aromatic rings. The summed E-state index contributed by atoms with van der Waals surface area (Å²) in [5, 5.41) is 0. The smallest absolute Gasteiger partial charge is 0.232 e. The van der Waals surface area contributed by atoms with Gasteiger partial charge in [0.1, 0.15) is 0 Å². The van der Waals surface area contributed by atoms with E-state index in [0.717, 1.165) is 0 Å². The summed E-state index contributed by atoms with van der Waals surface area (Å²) in [5.74, 6) is 0.0646. The highest BCUT2D eigenvalue weighted by Gasteiger charge is 2.07. The molecule has 13 heavy (non-hydrogen) atoms. The Hall–Kier alpha value is -0.680. The number of benzene rings is 1. The van der Waals surface area contributed by atoms with Crippen LogP contribution in [0.25, 0.3) is 0 Å². The molecule has 5 heteroatoms. The molecule has 0 aliphatic heterocycles. The third kappa shape index (κ3) is 2.93. The van der Waals surface area contributed by atoms with E-state index < -0.39 is 10.0 Å². The molecule has 0 amide bonds. The highest BCUT2D eigenvalue weighted by Crippen LogP contribution is 2.19. The first-order valence-electron chi connectivity index (χ1n) is 3.83. The molecule has 0 aliphatic rings. The molecule has 1 N–H and O–H groups in total. The van der Waals surface area contributed by atoms with Crippen LogP contribution in [0.5, 0.6) is 0 Å². The van der Waals surface area contributed by atoms with Crippen molar-refractivity contribution in [3.63, 3.8) is 0 Å². The van der Waals surface area contributed by atoms with Gasteiger partial charge in [-0.2, -0.15) is 0 Å². The highest BCUT2D eigenvalue weighted by atomic mass is 32.2. The van der Waals surface area contributed by atoms with Gasteiger partial charge in [0.05, 0.1) is 11.4 Å². The van der Waals surface area contributed by atoms with E-state index in [1.807, 2.05) is 0 Å². The van der Waals surface area contributed by atoms with Crippen molar-refractivity contribution >= 4 is 28.3 Å². The molecular formula is C8H11NO2S2. The van der Waals surface area contributed by atoms with Gasteiger partial charge in [-0.25, -0.2) is 8.42 Å². The lowest BCUT2D eigenvalue weighted by atomic mass is 10.3. The quantitative estimate of drug-likeness (QED) is 0.757. The molecule has 0 radical (unpaired) electrons. The largest absolute Gasteiger partial charge is 0.282 e. The topological polar surface area (TPSA) is 46.2 Å². The van der Waals surface area contributed by atoms with Gasteiger partial charge in [-0.3, -0.25) is 4.72 Å². The minimum Gasteiger partial charge on any atom is -0.282 e. The van der Waals surface area contributed by atoms with E-state index in [-0.39, 0.29) is 5.75 Å². The summed E-state index contributed by atoms with van der Waals surface area (Å²) in [4.78, 5) is 0.625.